The maximum Gasteiger partial charge on any atom is 0.261 e. The van der Waals surface area contributed by atoms with Crippen molar-refractivity contribution in [3.05, 3.63) is 29.3 Å². The van der Waals surface area contributed by atoms with Crippen LogP contribution in [-0.2, 0) is 9.05 Å². The van der Waals surface area contributed by atoms with Crippen LogP contribution in [0.1, 0.15) is 42.6 Å². The van der Waals surface area contributed by atoms with E-state index in [1.165, 1.54) is 12.1 Å². The van der Waals surface area contributed by atoms with Crippen LogP contribution in [0, 0.1) is 12.8 Å². The van der Waals surface area contributed by atoms with Gasteiger partial charge >= 0.3 is 0 Å². The van der Waals surface area contributed by atoms with E-state index in [2.05, 4.69) is 13.8 Å². The van der Waals surface area contributed by atoms with Gasteiger partial charge in [-0.15, -0.1) is 0 Å². The summed E-state index contributed by atoms with van der Waals surface area (Å²) in [5.74, 6) is 0.597. The number of rotatable bonds is 2. The highest BCUT2D eigenvalue weighted by Gasteiger charge is 2.28. The Hall–Kier alpha value is -1.07. The van der Waals surface area contributed by atoms with Gasteiger partial charge < -0.3 is 4.90 Å². The molecule has 2 atom stereocenters. The Morgan fingerprint density at radius 1 is 1.33 bits per heavy atom. The van der Waals surface area contributed by atoms with Crippen LogP contribution in [0.25, 0.3) is 0 Å². The number of benzene rings is 1. The Morgan fingerprint density at radius 3 is 2.52 bits per heavy atom. The van der Waals surface area contributed by atoms with Crippen LogP contribution < -0.4 is 0 Å². The molecule has 1 saturated heterocycles. The Kier molecular flexibility index (Phi) is 4.63. The van der Waals surface area contributed by atoms with Crippen LogP contribution in [0.4, 0.5) is 0 Å². The Bertz CT molecular complexity index is 657. The molecule has 0 aromatic heterocycles. The number of halogens is 1. The van der Waals surface area contributed by atoms with Crippen molar-refractivity contribution in [2.75, 3.05) is 6.54 Å². The second-order valence-electron chi connectivity index (χ2n) is 5.89. The van der Waals surface area contributed by atoms with Crippen molar-refractivity contribution in [2.45, 2.75) is 44.6 Å². The molecule has 4 nitrogen and oxygen atoms in total. The fraction of sp³-hybridized carbons (Fsp3) is 0.533. The highest BCUT2D eigenvalue weighted by Crippen LogP contribution is 2.26. The summed E-state index contributed by atoms with van der Waals surface area (Å²) in [5, 5.41) is 0. The van der Waals surface area contributed by atoms with E-state index in [0.717, 1.165) is 19.4 Å². The third kappa shape index (κ3) is 3.58. The van der Waals surface area contributed by atoms with E-state index in [9.17, 15) is 13.2 Å². The monoisotopic (exact) mass is 329 g/mol. The lowest BCUT2D eigenvalue weighted by molar-refractivity contribution is 0.0588. The van der Waals surface area contributed by atoms with Crippen molar-refractivity contribution in [2.24, 2.45) is 5.92 Å². The van der Waals surface area contributed by atoms with Gasteiger partial charge in [-0.1, -0.05) is 6.92 Å². The molecule has 1 heterocycles. The SMILES string of the molecule is Cc1cc(S(=O)(=O)Cl)ccc1C(=O)N1CCC(C)CC1C. The molecule has 0 spiro atoms. The average Bonchev–Trinajstić information content (AvgIpc) is 2.36. The maximum absolute atomic E-state index is 12.6. The first-order valence-electron chi connectivity index (χ1n) is 7.06. The molecule has 1 fully saturated rings. The molecule has 2 rings (SSSR count). The summed E-state index contributed by atoms with van der Waals surface area (Å²) in [4.78, 5) is 14.5. The van der Waals surface area contributed by atoms with E-state index in [0.29, 0.717) is 17.0 Å². The summed E-state index contributed by atoms with van der Waals surface area (Å²) >= 11 is 0. The van der Waals surface area contributed by atoms with E-state index < -0.39 is 9.05 Å². The summed E-state index contributed by atoms with van der Waals surface area (Å²) < 4.78 is 22.7. The minimum Gasteiger partial charge on any atom is -0.336 e. The second kappa shape index (κ2) is 5.97. The van der Waals surface area contributed by atoms with Gasteiger partial charge in [0, 0.05) is 28.8 Å². The van der Waals surface area contributed by atoms with Gasteiger partial charge in [-0.25, -0.2) is 8.42 Å². The van der Waals surface area contributed by atoms with E-state index in [1.807, 2.05) is 4.90 Å². The lowest BCUT2D eigenvalue weighted by Gasteiger charge is -2.36. The molecule has 0 aliphatic carbocycles. The quantitative estimate of drug-likeness (QED) is 0.783. The first kappa shape index (κ1) is 16.3. The fourth-order valence-electron chi connectivity index (χ4n) is 2.89. The summed E-state index contributed by atoms with van der Waals surface area (Å²) in [6.45, 7) is 6.73. The average molecular weight is 330 g/mol. The van der Waals surface area contributed by atoms with Crippen molar-refractivity contribution in [1.29, 1.82) is 0 Å². The van der Waals surface area contributed by atoms with Crippen molar-refractivity contribution in [3.63, 3.8) is 0 Å². The van der Waals surface area contributed by atoms with E-state index in [1.54, 1.807) is 13.0 Å². The summed E-state index contributed by atoms with van der Waals surface area (Å²) in [5.41, 5.74) is 1.17. The number of amides is 1. The van der Waals surface area contributed by atoms with E-state index in [4.69, 9.17) is 10.7 Å². The van der Waals surface area contributed by atoms with Crippen molar-refractivity contribution in [3.8, 4) is 0 Å². The number of nitrogens with zero attached hydrogens (tertiary/aromatic N) is 1. The lowest BCUT2D eigenvalue weighted by atomic mass is 9.92. The van der Waals surface area contributed by atoms with Gasteiger partial charge in [0.2, 0.25) is 0 Å². The third-order valence-corrected chi connectivity index (χ3v) is 5.46. The molecule has 1 aliphatic heterocycles. The molecule has 0 N–H and O–H groups in total. The largest absolute Gasteiger partial charge is 0.336 e. The lowest BCUT2D eigenvalue weighted by Crippen LogP contribution is -2.44. The van der Waals surface area contributed by atoms with Gasteiger partial charge in [0.25, 0.3) is 15.0 Å². The summed E-state index contributed by atoms with van der Waals surface area (Å²) in [6.07, 6.45) is 2.00. The number of carbonyl (C=O) groups is 1. The number of hydrogen-bond acceptors (Lipinski definition) is 3. The summed E-state index contributed by atoms with van der Waals surface area (Å²) in [6, 6.07) is 4.60. The van der Waals surface area contributed by atoms with Crippen molar-refractivity contribution in [1.82, 2.24) is 4.90 Å². The molecule has 116 valence electrons. The normalized spacial score (nSPS) is 23.1. The number of aryl methyl sites for hydroxylation is 1. The summed E-state index contributed by atoms with van der Waals surface area (Å²) in [7, 11) is 1.56. The highest BCUT2D eigenvalue weighted by atomic mass is 35.7. The molecule has 1 aliphatic rings. The second-order valence-corrected chi connectivity index (χ2v) is 8.46. The molecule has 1 aromatic carbocycles. The van der Waals surface area contributed by atoms with Crippen LogP contribution in [0.2, 0.25) is 0 Å². The van der Waals surface area contributed by atoms with Crippen LogP contribution in [0.3, 0.4) is 0 Å². The molecule has 0 radical (unpaired) electrons. The molecular weight excluding hydrogens is 310 g/mol. The third-order valence-electron chi connectivity index (χ3n) is 4.11. The zero-order chi connectivity index (χ0) is 15.8. The number of piperidine rings is 1. The number of carbonyl (C=O) groups excluding carboxylic acids is 1. The van der Waals surface area contributed by atoms with Gasteiger partial charge in [0.1, 0.15) is 0 Å². The van der Waals surface area contributed by atoms with Gasteiger partial charge in [0.15, 0.2) is 0 Å². The van der Waals surface area contributed by atoms with Gasteiger partial charge in [-0.05, 0) is 56.4 Å². The Balaban J connectivity index is 2.28. The van der Waals surface area contributed by atoms with Crippen LogP contribution in [0.15, 0.2) is 23.1 Å². The maximum atomic E-state index is 12.6. The predicted molar refractivity (Wildman–Crippen MR) is 83.1 cm³/mol. The molecule has 0 saturated carbocycles. The van der Waals surface area contributed by atoms with E-state index in [-0.39, 0.29) is 16.8 Å². The zero-order valence-electron chi connectivity index (χ0n) is 12.5. The first-order valence-corrected chi connectivity index (χ1v) is 9.37. The van der Waals surface area contributed by atoms with Gasteiger partial charge in [0.05, 0.1) is 4.90 Å². The minimum absolute atomic E-state index is 0.0264. The van der Waals surface area contributed by atoms with Crippen LogP contribution >= 0.6 is 10.7 Å². The van der Waals surface area contributed by atoms with E-state index >= 15 is 0 Å². The van der Waals surface area contributed by atoms with Crippen LogP contribution in [-0.4, -0.2) is 31.8 Å². The van der Waals surface area contributed by atoms with Crippen molar-refractivity contribution >= 4 is 25.6 Å². The Morgan fingerprint density at radius 2 is 2.00 bits per heavy atom. The molecule has 6 heteroatoms. The first-order chi connectivity index (χ1) is 9.70. The molecule has 1 amide bonds. The Labute approximate surface area is 130 Å². The zero-order valence-corrected chi connectivity index (χ0v) is 14.0. The predicted octanol–water partition coefficient (Wildman–Crippen LogP) is 3.18. The van der Waals surface area contributed by atoms with Gasteiger partial charge in [-0.3, -0.25) is 4.79 Å². The molecule has 1 aromatic rings. The smallest absolute Gasteiger partial charge is 0.261 e. The van der Waals surface area contributed by atoms with Gasteiger partial charge in [-0.2, -0.15) is 0 Å². The topological polar surface area (TPSA) is 54.5 Å². The standard InChI is InChI=1S/C15H20ClNO3S/c1-10-6-7-17(12(3)8-10)15(18)14-5-4-13(9-11(14)2)21(16,19)20/h4-5,9-10,12H,6-8H2,1-3H3. The van der Waals surface area contributed by atoms with Crippen molar-refractivity contribution < 1.29 is 13.2 Å². The molecule has 2 unspecified atom stereocenters. The molecule has 0 bridgehead atoms. The highest BCUT2D eigenvalue weighted by molar-refractivity contribution is 8.13. The molecule has 21 heavy (non-hydrogen) atoms. The number of likely N-dealkylation sites (tertiary alicyclic amines) is 1. The molecular formula is C15H20ClNO3S. The number of hydrogen-bond donors (Lipinski definition) is 0. The van der Waals surface area contributed by atoms with Crippen LogP contribution in [0.5, 0.6) is 0 Å². The fourth-order valence-corrected chi connectivity index (χ4v) is 3.73. The minimum atomic E-state index is -3.76.